The minimum Gasteiger partial charge on any atom is -0.352 e. The summed E-state index contributed by atoms with van der Waals surface area (Å²) in [6.45, 7) is 0.350. The van der Waals surface area contributed by atoms with Gasteiger partial charge in [-0.1, -0.05) is 6.07 Å². The lowest BCUT2D eigenvalue weighted by Crippen LogP contribution is -2.46. The molecule has 0 bridgehead atoms. The van der Waals surface area contributed by atoms with Crippen molar-refractivity contribution in [2.24, 2.45) is 5.92 Å². The van der Waals surface area contributed by atoms with Crippen LogP contribution in [0.5, 0.6) is 0 Å². The Morgan fingerprint density at radius 1 is 1.43 bits per heavy atom. The van der Waals surface area contributed by atoms with Crippen molar-refractivity contribution in [3.8, 4) is 5.69 Å². The van der Waals surface area contributed by atoms with Crippen molar-refractivity contribution in [3.63, 3.8) is 0 Å². The molecule has 1 aromatic heterocycles. The van der Waals surface area contributed by atoms with Crippen LogP contribution in [-0.2, 0) is 11.3 Å². The first-order valence-electron chi connectivity index (χ1n) is 7.75. The van der Waals surface area contributed by atoms with Gasteiger partial charge in [-0.15, -0.1) is 0 Å². The van der Waals surface area contributed by atoms with Crippen molar-refractivity contribution >= 4 is 5.91 Å². The van der Waals surface area contributed by atoms with E-state index in [1.165, 1.54) is 6.07 Å². The van der Waals surface area contributed by atoms with E-state index in [-0.39, 0.29) is 17.6 Å². The molecular weight excluding hydrogens is 295 g/mol. The summed E-state index contributed by atoms with van der Waals surface area (Å²) in [6.07, 6.45) is 6.64. The molecule has 122 valence electrons. The number of benzene rings is 1. The molecule has 0 aliphatic heterocycles. The Hall–Kier alpha value is -2.21. The number of imidazole rings is 1. The van der Waals surface area contributed by atoms with E-state index in [1.54, 1.807) is 29.4 Å². The first-order chi connectivity index (χ1) is 11.0. The van der Waals surface area contributed by atoms with Gasteiger partial charge in [0.25, 0.3) is 0 Å². The number of carbonyl (C=O) groups is 1. The van der Waals surface area contributed by atoms with Crippen molar-refractivity contribution in [3.05, 3.63) is 48.3 Å². The summed E-state index contributed by atoms with van der Waals surface area (Å²) in [5.74, 6) is -0.189. The summed E-state index contributed by atoms with van der Waals surface area (Å²) in [5, 5.41) is 2.90. The lowest BCUT2D eigenvalue weighted by Gasteiger charge is -2.38. The summed E-state index contributed by atoms with van der Waals surface area (Å²) < 4.78 is 15.8. The Balaban J connectivity index is 1.55. The van der Waals surface area contributed by atoms with E-state index in [2.05, 4.69) is 15.2 Å². The summed E-state index contributed by atoms with van der Waals surface area (Å²) in [5.41, 5.74) is 1.20. The maximum atomic E-state index is 14.1. The zero-order chi connectivity index (χ0) is 16.4. The lowest BCUT2D eigenvalue weighted by atomic mass is 9.79. The van der Waals surface area contributed by atoms with Gasteiger partial charge in [-0.05, 0) is 44.6 Å². The Labute approximate surface area is 135 Å². The largest absolute Gasteiger partial charge is 0.352 e. The molecule has 0 atom stereocenters. The minimum atomic E-state index is -0.328. The average Bonchev–Trinajstić information content (AvgIpc) is 2.97. The van der Waals surface area contributed by atoms with E-state index in [9.17, 15) is 9.18 Å². The smallest absolute Gasteiger partial charge is 0.223 e. The van der Waals surface area contributed by atoms with Crippen LogP contribution in [0.2, 0.25) is 0 Å². The Kier molecular flexibility index (Phi) is 4.43. The highest BCUT2D eigenvalue weighted by atomic mass is 19.1. The van der Waals surface area contributed by atoms with Gasteiger partial charge in [-0.25, -0.2) is 9.37 Å². The van der Waals surface area contributed by atoms with Crippen LogP contribution in [0.1, 0.15) is 18.4 Å². The van der Waals surface area contributed by atoms with Crippen LogP contribution in [0, 0.1) is 11.7 Å². The van der Waals surface area contributed by atoms with Crippen LogP contribution in [-0.4, -0.2) is 40.5 Å². The number of rotatable bonds is 5. The highest BCUT2D eigenvalue weighted by Gasteiger charge is 2.35. The topological polar surface area (TPSA) is 50.2 Å². The molecule has 1 fully saturated rings. The Morgan fingerprint density at radius 2 is 2.22 bits per heavy atom. The molecule has 1 aliphatic carbocycles. The molecule has 1 aromatic carbocycles. The minimum absolute atomic E-state index is 0.0576. The van der Waals surface area contributed by atoms with E-state index >= 15 is 0 Å². The van der Waals surface area contributed by atoms with E-state index in [0.717, 1.165) is 18.4 Å². The third kappa shape index (κ3) is 3.42. The van der Waals surface area contributed by atoms with Crippen LogP contribution < -0.4 is 5.32 Å². The molecule has 0 saturated heterocycles. The molecule has 0 spiro atoms. The standard InChI is InChI=1S/C17H21FN4O/c1-21(2)14-8-13(9-14)17(23)20-10-12-3-4-16(15(18)7-12)22-6-5-19-11-22/h3-7,11,13-14H,8-10H2,1-2H3,(H,20,23). The van der Waals surface area contributed by atoms with E-state index < -0.39 is 0 Å². The zero-order valence-electron chi connectivity index (χ0n) is 13.4. The zero-order valence-corrected chi connectivity index (χ0v) is 13.4. The molecule has 5 nitrogen and oxygen atoms in total. The summed E-state index contributed by atoms with van der Waals surface area (Å²) >= 11 is 0. The molecule has 3 rings (SSSR count). The Morgan fingerprint density at radius 3 is 2.83 bits per heavy atom. The fourth-order valence-electron chi connectivity index (χ4n) is 2.83. The van der Waals surface area contributed by atoms with Crippen molar-refractivity contribution in [2.45, 2.75) is 25.4 Å². The molecule has 2 aromatic rings. The number of nitrogens with zero attached hydrogens (tertiary/aromatic N) is 3. The molecule has 0 radical (unpaired) electrons. The molecule has 23 heavy (non-hydrogen) atoms. The van der Waals surface area contributed by atoms with Gasteiger partial charge in [0.2, 0.25) is 5.91 Å². The molecule has 1 saturated carbocycles. The van der Waals surface area contributed by atoms with Gasteiger partial charge in [0.05, 0.1) is 12.0 Å². The van der Waals surface area contributed by atoms with Crippen LogP contribution in [0.3, 0.4) is 0 Å². The van der Waals surface area contributed by atoms with E-state index in [4.69, 9.17) is 0 Å². The fraction of sp³-hybridized carbons (Fsp3) is 0.412. The number of hydrogen-bond acceptors (Lipinski definition) is 3. The number of nitrogens with one attached hydrogen (secondary N) is 1. The van der Waals surface area contributed by atoms with Gasteiger partial charge in [0, 0.05) is 30.9 Å². The van der Waals surface area contributed by atoms with Gasteiger partial charge in [-0.2, -0.15) is 0 Å². The number of carbonyl (C=O) groups excluding carboxylic acids is 1. The number of aromatic nitrogens is 2. The molecular formula is C17H21FN4O. The molecule has 1 N–H and O–H groups in total. The SMILES string of the molecule is CN(C)C1CC(C(=O)NCc2ccc(-n3ccnc3)c(F)c2)C1. The maximum Gasteiger partial charge on any atom is 0.223 e. The quantitative estimate of drug-likeness (QED) is 0.917. The molecule has 1 amide bonds. The van der Waals surface area contributed by atoms with Gasteiger partial charge in [0.15, 0.2) is 0 Å². The van der Waals surface area contributed by atoms with Crippen molar-refractivity contribution < 1.29 is 9.18 Å². The number of hydrogen-bond donors (Lipinski definition) is 1. The van der Waals surface area contributed by atoms with Crippen LogP contribution in [0.4, 0.5) is 4.39 Å². The predicted molar refractivity (Wildman–Crippen MR) is 85.6 cm³/mol. The normalized spacial score (nSPS) is 20.3. The highest BCUT2D eigenvalue weighted by molar-refractivity contribution is 5.79. The van der Waals surface area contributed by atoms with Crippen molar-refractivity contribution in [2.75, 3.05) is 14.1 Å². The summed E-state index contributed by atoms with van der Waals surface area (Å²) in [4.78, 5) is 18.1. The third-order valence-corrected chi connectivity index (χ3v) is 4.48. The predicted octanol–water partition coefficient (Wildman–Crippen LogP) is 1.97. The lowest BCUT2D eigenvalue weighted by molar-refractivity contribution is -0.129. The fourth-order valence-corrected chi connectivity index (χ4v) is 2.83. The van der Waals surface area contributed by atoms with Gasteiger partial charge in [-0.3, -0.25) is 4.79 Å². The van der Waals surface area contributed by atoms with Crippen molar-refractivity contribution in [1.82, 2.24) is 19.8 Å². The third-order valence-electron chi connectivity index (χ3n) is 4.48. The first kappa shape index (κ1) is 15.7. The highest BCUT2D eigenvalue weighted by Crippen LogP contribution is 2.30. The van der Waals surface area contributed by atoms with Gasteiger partial charge < -0.3 is 14.8 Å². The molecule has 0 unspecified atom stereocenters. The maximum absolute atomic E-state index is 14.1. The first-order valence-corrected chi connectivity index (χ1v) is 7.75. The second-order valence-corrected chi connectivity index (χ2v) is 6.26. The monoisotopic (exact) mass is 316 g/mol. The van der Waals surface area contributed by atoms with E-state index in [0.29, 0.717) is 18.3 Å². The summed E-state index contributed by atoms with van der Waals surface area (Å²) in [7, 11) is 4.06. The van der Waals surface area contributed by atoms with Crippen LogP contribution in [0.15, 0.2) is 36.9 Å². The van der Waals surface area contributed by atoms with E-state index in [1.807, 2.05) is 20.2 Å². The second-order valence-electron chi connectivity index (χ2n) is 6.26. The average molecular weight is 316 g/mol. The van der Waals surface area contributed by atoms with Crippen LogP contribution in [0.25, 0.3) is 5.69 Å². The number of amides is 1. The molecule has 6 heteroatoms. The Bertz CT molecular complexity index is 678. The van der Waals surface area contributed by atoms with Gasteiger partial charge >= 0.3 is 0 Å². The van der Waals surface area contributed by atoms with Crippen molar-refractivity contribution in [1.29, 1.82) is 0 Å². The number of halogens is 1. The van der Waals surface area contributed by atoms with Crippen LogP contribution >= 0.6 is 0 Å². The molecule has 1 heterocycles. The molecule has 1 aliphatic rings. The summed E-state index contributed by atoms with van der Waals surface area (Å²) in [6, 6.07) is 5.48. The van der Waals surface area contributed by atoms with Gasteiger partial charge in [0.1, 0.15) is 5.82 Å². The second kappa shape index (κ2) is 6.50.